The van der Waals surface area contributed by atoms with Crippen LogP contribution in [-0.4, -0.2) is 25.8 Å². The molecule has 0 spiro atoms. The smallest absolute Gasteiger partial charge is 0.0825 e. The van der Waals surface area contributed by atoms with E-state index in [2.05, 4.69) is 46.0 Å². The van der Waals surface area contributed by atoms with E-state index >= 15 is 0 Å². The van der Waals surface area contributed by atoms with Gasteiger partial charge in [0.1, 0.15) is 0 Å². The number of rotatable bonds is 3. The van der Waals surface area contributed by atoms with Gasteiger partial charge in [-0.2, -0.15) is 0 Å². The van der Waals surface area contributed by atoms with Crippen LogP contribution in [-0.2, 0) is 4.74 Å². The molecule has 1 aromatic rings. The summed E-state index contributed by atoms with van der Waals surface area (Å²) in [7, 11) is 1.80. The average Bonchev–Trinajstić information content (AvgIpc) is 2.38. The van der Waals surface area contributed by atoms with E-state index in [0.29, 0.717) is 0 Å². The van der Waals surface area contributed by atoms with Crippen LogP contribution in [0.4, 0.5) is 5.69 Å². The van der Waals surface area contributed by atoms with E-state index in [1.807, 2.05) is 6.92 Å². The number of anilines is 1. The maximum Gasteiger partial charge on any atom is 0.0825 e. The summed E-state index contributed by atoms with van der Waals surface area (Å²) in [6.45, 7) is 6.21. The first kappa shape index (κ1) is 14.8. The van der Waals surface area contributed by atoms with E-state index in [9.17, 15) is 0 Å². The average molecular weight is 327 g/mol. The fourth-order valence-corrected chi connectivity index (χ4v) is 3.40. The highest BCUT2D eigenvalue weighted by Crippen LogP contribution is 2.31. The molecular formula is C15H23BrN2O. The van der Waals surface area contributed by atoms with E-state index in [0.717, 1.165) is 36.0 Å². The lowest BCUT2D eigenvalue weighted by molar-refractivity contribution is -0.00465. The Balaban J connectivity index is 2.20. The molecule has 2 rings (SSSR count). The van der Waals surface area contributed by atoms with Crippen molar-refractivity contribution in [2.75, 3.05) is 25.1 Å². The molecule has 0 bridgehead atoms. The molecule has 0 saturated carbocycles. The summed E-state index contributed by atoms with van der Waals surface area (Å²) in [4.78, 5) is 2.39. The molecule has 1 fully saturated rings. The molecule has 1 aliphatic heterocycles. The molecule has 1 aliphatic rings. The van der Waals surface area contributed by atoms with Gasteiger partial charge < -0.3 is 15.4 Å². The van der Waals surface area contributed by atoms with Crippen LogP contribution in [0.1, 0.15) is 38.3 Å². The van der Waals surface area contributed by atoms with Crippen LogP contribution >= 0.6 is 15.9 Å². The minimum Gasteiger partial charge on any atom is -0.377 e. The Labute approximate surface area is 124 Å². The fraction of sp³-hybridized carbons (Fsp3) is 0.600. The zero-order valence-electron chi connectivity index (χ0n) is 11.9. The number of methoxy groups -OCH3 is 1. The normalized spacial score (nSPS) is 25.4. The molecule has 0 radical (unpaired) electrons. The Bertz CT molecular complexity index is 450. The highest BCUT2D eigenvalue weighted by molar-refractivity contribution is 9.10. The molecule has 1 saturated heterocycles. The third-order valence-electron chi connectivity index (χ3n) is 3.99. The number of hydrogen-bond donors (Lipinski definition) is 1. The van der Waals surface area contributed by atoms with E-state index in [1.54, 1.807) is 7.11 Å². The van der Waals surface area contributed by atoms with Gasteiger partial charge in [0.25, 0.3) is 0 Å². The Morgan fingerprint density at radius 1 is 1.47 bits per heavy atom. The summed E-state index contributed by atoms with van der Waals surface area (Å²) in [5, 5.41) is 0. The largest absolute Gasteiger partial charge is 0.377 e. The number of nitrogens with two attached hydrogens (primary N) is 1. The van der Waals surface area contributed by atoms with E-state index in [-0.39, 0.29) is 11.6 Å². The van der Waals surface area contributed by atoms with Gasteiger partial charge in [0.2, 0.25) is 0 Å². The number of hydrogen-bond acceptors (Lipinski definition) is 3. The first-order valence-corrected chi connectivity index (χ1v) is 7.59. The lowest BCUT2D eigenvalue weighted by Crippen LogP contribution is -2.47. The quantitative estimate of drug-likeness (QED) is 0.924. The topological polar surface area (TPSA) is 38.5 Å². The van der Waals surface area contributed by atoms with Crippen molar-refractivity contribution in [3.63, 3.8) is 0 Å². The standard InChI is InChI=1S/C15H23BrN2O/c1-11(17)13-6-5-12(9-14(13)16)18-8-4-7-15(2,10-18)19-3/h5-6,9,11H,4,7-8,10,17H2,1-3H3/t11-,15?/m0/s1. The summed E-state index contributed by atoms with van der Waals surface area (Å²) in [5.74, 6) is 0. The Kier molecular flexibility index (Phi) is 4.54. The van der Waals surface area contributed by atoms with Crippen molar-refractivity contribution >= 4 is 21.6 Å². The second-order valence-corrected chi connectivity index (χ2v) is 6.53. The molecule has 0 aliphatic carbocycles. The monoisotopic (exact) mass is 326 g/mol. The molecule has 3 nitrogen and oxygen atoms in total. The second-order valence-electron chi connectivity index (χ2n) is 5.67. The lowest BCUT2D eigenvalue weighted by Gasteiger charge is -2.40. The minimum absolute atomic E-state index is 0.0371. The number of piperidine rings is 1. The number of nitrogens with zero attached hydrogens (tertiary/aromatic N) is 1. The van der Waals surface area contributed by atoms with Gasteiger partial charge >= 0.3 is 0 Å². The van der Waals surface area contributed by atoms with Gasteiger partial charge in [-0.3, -0.25) is 0 Å². The molecule has 0 aromatic heterocycles. The third kappa shape index (κ3) is 3.30. The molecule has 1 unspecified atom stereocenters. The molecule has 2 N–H and O–H groups in total. The van der Waals surface area contributed by atoms with Gasteiger partial charge in [0.15, 0.2) is 0 Å². The second kappa shape index (κ2) is 5.81. The van der Waals surface area contributed by atoms with Crippen molar-refractivity contribution in [2.45, 2.75) is 38.3 Å². The van der Waals surface area contributed by atoms with E-state index in [1.165, 1.54) is 5.69 Å². The molecular weight excluding hydrogens is 304 g/mol. The summed E-state index contributed by atoms with van der Waals surface area (Å²) in [6.07, 6.45) is 2.29. The van der Waals surface area contributed by atoms with Crippen molar-refractivity contribution < 1.29 is 4.74 Å². The van der Waals surface area contributed by atoms with Gasteiger partial charge in [-0.25, -0.2) is 0 Å². The van der Waals surface area contributed by atoms with Crippen LogP contribution in [0.15, 0.2) is 22.7 Å². The van der Waals surface area contributed by atoms with Crippen molar-refractivity contribution in [1.82, 2.24) is 0 Å². The molecule has 1 heterocycles. The molecule has 106 valence electrons. The highest BCUT2D eigenvalue weighted by Gasteiger charge is 2.30. The van der Waals surface area contributed by atoms with Crippen LogP contribution in [0.2, 0.25) is 0 Å². The van der Waals surface area contributed by atoms with Gasteiger partial charge in [-0.1, -0.05) is 22.0 Å². The maximum absolute atomic E-state index is 5.94. The van der Waals surface area contributed by atoms with Gasteiger partial charge in [-0.05, 0) is 44.4 Å². The van der Waals surface area contributed by atoms with Crippen LogP contribution in [0.25, 0.3) is 0 Å². The van der Waals surface area contributed by atoms with Crippen molar-refractivity contribution in [3.8, 4) is 0 Å². The van der Waals surface area contributed by atoms with E-state index < -0.39 is 0 Å². The predicted octanol–water partition coefficient (Wildman–Crippen LogP) is 3.47. The lowest BCUT2D eigenvalue weighted by atomic mass is 9.94. The van der Waals surface area contributed by atoms with Gasteiger partial charge in [-0.15, -0.1) is 0 Å². The summed E-state index contributed by atoms with van der Waals surface area (Å²) < 4.78 is 6.74. The fourth-order valence-electron chi connectivity index (χ4n) is 2.67. The van der Waals surface area contributed by atoms with Crippen LogP contribution in [0, 0.1) is 0 Å². The van der Waals surface area contributed by atoms with Crippen molar-refractivity contribution in [1.29, 1.82) is 0 Å². The Morgan fingerprint density at radius 3 is 2.79 bits per heavy atom. The first-order valence-electron chi connectivity index (χ1n) is 6.80. The number of halogens is 1. The van der Waals surface area contributed by atoms with Gasteiger partial charge in [0, 0.05) is 36.4 Å². The summed E-state index contributed by atoms with van der Waals surface area (Å²) >= 11 is 3.62. The molecule has 2 atom stereocenters. The predicted molar refractivity (Wildman–Crippen MR) is 83.6 cm³/mol. The maximum atomic E-state index is 5.94. The molecule has 1 aromatic carbocycles. The molecule has 0 amide bonds. The Morgan fingerprint density at radius 2 is 2.21 bits per heavy atom. The van der Waals surface area contributed by atoms with Crippen LogP contribution in [0.3, 0.4) is 0 Å². The SMILES string of the molecule is COC1(C)CCCN(c2ccc([C@H](C)N)c(Br)c2)C1. The van der Waals surface area contributed by atoms with Crippen LogP contribution in [0.5, 0.6) is 0 Å². The zero-order valence-corrected chi connectivity index (χ0v) is 13.5. The third-order valence-corrected chi connectivity index (χ3v) is 4.68. The number of benzene rings is 1. The minimum atomic E-state index is -0.0371. The highest BCUT2D eigenvalue weighted by atomic mass is 79.9. The summed E-state index contributed by atoms with van der Waals surface area (Å²) in [6, 6.07) is 6.49. The van der Waals surface area contributed by atoms with Crippen molar-refractivity contribution in [3.05, 3.63) is 28.2 Å². The molecule has 19 heavy (non-hydrogen) atoms. The first-order chi connectivity index (χ1) is 8.95. The zero-order chi connectivity index (χ0) is 14.0. The van der Waals surface area contributed by atoms with Gasteiger partial charge in [0.05, 0.1) is 5.60 Å². The molecule has 4 heteroatoms. The Hall–Kier alpha value is -0.580. The van der Waals surface area contributed by atoms with Crippen LogP contribution < -0.4 is 10.6 Å². The van der Waals surface area contributed by atoms with E-state index in [4.69, 9.17) is 10.5 Å². The number of ether oxygens (including phenoxy) is 1. The summed E-state index contributed by atoms with van der Waals surface area (Å²) in [5.41, 5.74) is 8.29. The van der Waals surface area contributed by atoms with Crippen molar-refractivity contribution in [2.24, 2.45) is 5.73 Å².